The van der Waals surface area contributed by atoms with Gasteiger partial charge in [-0.1, -0.05) is 62.9 Å². The maximum absolute atomic E-state index is 10.8. The fourth-order valence-electron chi connectivity index (χ4n) is 1.99. The Labute approximate surface area is 174 Å². The molecule has 2 saturated heterocycles. The lowest BCUT2D eigenvalue weighted by Gasteiger charge is -1.95. The fourth-order valence-corrected chi connectivity index (χ4v) is 7.16. The monoisotopic (exact) mass is 456 g/mol. The van der Waals surface area contributed by atoms with E-state index < -0.39 is 15.8 Å². The van der Waals surface area contributed by atoms with E-state index in [1.54, 1.807) is 22.9 Å². The summed E-state index contributed by atoms with van der Waals surface area (Å²) in [5.41, 5.74) is 0.222. The number of carbonyl (C=O) groups is 1. The molecule has 2 heterocycles. The van der Waals surface area contributed by atoms with Crippen molar-refractivity contribution in [3.63, 3.8) is 0 Å². The van der Waals surface area contributed by atoms with E-state index in [1.165, 1.54) is 62.2 Å². The minimum atomic E-state index is -0.813. The average Bonchev–Trinajstić information content (AvgIpc) is 3.09. The zero-order valence-electron chi connectivity index (χ0n) is 14.6. The lowest BCUT2D eigenvalue weighted by atomic mass is 10.2. The molecule has 9 heteroatoms. The summed E-state index contributed by atoms with van der Waals surface area (Å²) in [5, 5.41) is 8.41. The van der Waals surface area contributed by atoms with Crippen LogP contribution in [0.2, 0.25) is 5.02 Å². The number of rotatable bonds is 1. The van der Waals surface area contributed by atoms with Crippen LogP contribution >= 0.6 is 44.0 Å². The molecule has 0 aliphatic carbocycles. The van der Waals surface area contributed by atoms with Crippen molar-refractivity contribution >= 4 is 59.8 Å². The molecule has 1 aromatic carbocycles. The zero-order chi connectivity index (χ0) is 19.0. The van der Waals surface area contributed by atoms with Gasteiger partial charge in [0.25, 0.3) is 0 Å². The van der Waals surface area contributed by atoms with Crippen LogP contribution in [0.1, 0.15) is 48.9 Å². The van der Waals surface area contributed by atoms with Gasteiger partial charge < -0.3 is 0 Å². The molecule has 2 aliphatic heterocycles. The number of hydrogen-bond acceptors (Lipinski definition) is 7. The van der Waals surface area contributed by atoms with E-state index in [0.717, 1.165) is 11.5 Å². The third-order valence-electron chi connectivity index (χ3n) is 3.35. The molecule has 1 atom stereocenters. The molecular weight excluding hydrogens is 432 g/mol. The summed E-state index contributed by atoms with van der Waals surface area (Å²) in [6.07, 6.45) is 8.05. The summed E-state index contributed by atoms with van der Waals surface area (Å²) in [4.78, 5) is 14.1. The van der Waals surface area contributed by atoms with Gasteiger partial charge in [0.2, 0.25) is 0 Å². The molecule has 0 radical (unpaired) electrons. The average molecular weight is 457 g/mol. The van der Waals surface area contributed by atoms with Crippen LogP contribution in [-0.2, 0) is 14.7 Å². The SMILES string of the molecule is C1CCSSCC1.O=C(OO)c1cccc(Cl)c1.O=S1CCCCCS1. The molecule has 3 rings (SSSR count). The minimum absolute atomic E-state index is 0.222. The lowest BCUT2D eigenvalue weighted by Crippen LogP contribution is -2.00. The first-order valence-electron chi connectivity index (χ1n) is 8.51. The summed E-state index contributed by atoms with van der Waals surface area (Å²) < 4.78 is 10.8. The maximum atomic E-state index is 10.8. The van der Waals surface area contributed by atoms with E-state index in [0.29, 0.717) is 5.02 Å². The quantitative estimate of drug-likeness (QED) is 0.311. The number of halogens is 1. The molecule has 0 amide bonds. The number of carbonyl (C=O) groups excluding carboxylic acids is 1. The molecule has 1 N–H and O–H groups in total. The Morgan fingerprint density at radius 3 is 2.35 bits per heavy atom. The van der Waals surface area contributed by atoms with Crippen molar-refractivity contribution in [3.05, 3.63) is 34.9 Å². The van der Waals surface area contributed by atoms with Crippen molar-refractivity contribution < 1.29 is 19.1 Å². The van der Waals surface area contributed by atoms with Crippen molar-refractivity contribution in [1.29, 1.82) is 0 Å². The highest BCUT2D eigenvalue weighted by atomic mass is 35.5. The number of hydrogen-bond donors (Lipinski definition) is 1. The van der Waals surface area contributed by atoms with Gasteiger partial charge >= 0.3 is 5.97 Å². The zero-order valence-corrected chi connectivity index (χ0v) is 18.6. The molecule has 148 valence electrons. The Kier molecular flexibility index (Phi) is 15.0. The predicted octanol–water partition coefficient (Wildman–Crippen LogP) is 6.09. The molecule has 2 aliphatic rings. The molecule has 0 bridgehead atoms. The van der Waals surface area contributed by atoms with Gasteiger partial charge in [-0.15, -0.1) is 0 Å². The molecule has 0 spiro atoms. The van der Waals surface area contributed by atoms with E-state index in [-0.39, 0.29) is 5.56 Å². The number of benzene rings is 1. The van der Waals surface area contributed by atoms with E-state index in [4.69, 9.17) is 16.9 Å². The highest BCUT2D eigenvalue weighted by Crippen LogP contribution is 2.27. The van der Waals surface area contributed by atoms with E-state index in [2.05, 4.69) is 4.89 Å². The second kappa shape index (κ2) is 16.1. The summed E-state index contributed by atoms with van der Waals surface area (Å²) in [6.45, 7) is 0. The highest BCUT2D eigenvalue weighted by molar-refractivity contribution is 8.76. The maximum Gasteiger partial charge on any atom is 0.372 e. The minimum Gasteiger partial charge on any atom is -0.296 e. The lowest BCUT2D eigenvalue weighted by molar-refractivity contribution is -0.182. The van der Waals surface area contributed by atoms with Crippen LogP contribution in [0.15, 0.2) is 24.3 Å². The normalized spacial score (nSPS) is 20.2. The second-order valence-corrected chi connectivity index (χ2v) is 12.1. The Morgan fingerprint density at radius 1 is 1.04 bits per heavy atom. The van der Waals surface area contributed by atoms with E-state index in [9.17, 15) is 9.00 Å². The predicted molar refractivity (Wildman–Crippen MR) is 118 cm³/mol. The first-order chi connectivity index (χ1) is 12.6. The Hall–Kier alpha value is 0.140. The third kappa shape index (κ3) is 12.5. The van der Waals surface area contributed by atoms with E-state index in [1.807, 2.05) is 21.6 Å². The standard InChI is InChI=1S/C7H5ClO3.C5H10OS2.C5H10S2/c8-6-3-1-2-5(4-6)7(9)11-10;6-8-5-3-1-2-4-7-8;1-2-4-6-7-5-3-1/h1-4,10H;1-5H2;1-5H2. The van der Waals surface area contributed by atoms with Gasteiger partial charge in [-0.3, -0.25) is 4.89 Å². The van der Waals surface area contributed by atoms with Gasteiger partial charge in [0.15, 0.2) is 0 Å². The molecule has 2 fully saturated rings. The van der Waals surface area contributed by atoms with E-state index >= 15 is 0 Å². The van der Waals surface area contributed by atoms with Gasteiger partial charge in [-0.25, -0.2) is 9.00 Å². The Balaban J connectivity index is 0.000000201. The smallest absolute Gasteiger partial charge is 0.296 e. The fraction of sp³-hybridized carbons (Fsp3) is 0.588. The third-order valence-corrected chi connectivity index (χ3v) is 9.29. The molecule has 0 aromatic heterocycles. The van der Waals surface area contributed by atoms with Crippen molar-refractivity contribution in [1.82, 2.24) is 0 Å². The molecular formula is C17H25ClO4S4. The highest BCUT2D eigenvalue weighted by Gasteiger charge is 2.05. The van der Waals surface area contributed by atoms with Gasteiger partial charge in [-0.2, -0.15) is 5.26 Å². The summed E-state index contributed by atoms with van der Waals surface area (Å²) in [7, 11) is 5.14. The molecule has 0 saturated carbocycles. The van der Waals surface area contributed by atoms with Crippen molar-refractivity contribution in [2.24, 2.45) is 0 Å². The topological polar surface area (TPSA) is 63.6 Å². The van der Waals surface area contributed by atoms with Crippen molar-refractivity contribution in [2.75, 3.05) is 23.0 Å². The van der Waals surface area contributed by atoms with Gasteiger partial charge in [0.1, 0.15) is 0 Å². The van der Waals surface area contributed by atoms with Crippen LogP contribution in [0.25, 0.3) is 0 Å². The molecule has 4 nitrogen and oxygen atoms in total. The van der Waals surface area contributed by atoms with Crippen LogP contribution in [0.5, 0.6) is 0 Å². The summed E-state index contributed by atoms with van der Waals surface area (Å²) >= 11 is 5.56. The molecule has 26 heavy (non-hydrogen) atoms. The second-order valence-electron chi connectivity index (χ2n) is 5.48. The first-order valence-corrected chi connectivity index (χ1v) is 14.2. The van der Waals surface area contributed by atoms with Crippen LogP contribution in [0, 0.1) is 0 Å². The van der Waals surface area contributed by atoms with Crippen molar-refractivity contribution in [2.45, 2.75) is 38.5 Å². The van der Waals surface area contributed by atoms with Crippen molar-refractivity contribution in [3.8, 4) is 0 Å². The Bertz CT molecular complexity index is 516. The van der Waals surface area contributed by atoms with Crippen LogP contribution < -0.4 is 0 Å². The van der Waals surface area contributed by atoms with Crippen LogP contribution in [-0.4, -0.2) is 38.4 Å². The van der Waals surface area contributed by atoms with Crippen LogP contribution in [0.3, 0.4) is 0 Å². The van der Waals surface area contributed by atoms with Gasteiger partial charge in [0, 0.05) is 28.0 Å². The molecule has 1 aromatic rings. The summed E-state index contributed by atoms with van der Waals surface area (Å²) in [5.74, 6) is 3.97. The van der Waals surface area contributed by atoms with Gasteiger partial charge in [-0.05, 0) is 43.9 Å². The van der Waals surface area contributed by atoms with Crippen LogP contribution in [0.4, 0.5) is 0 Å². The molecule has 1 unspecified atom stereocenters. The largest absolute Gasteiger partial charge is 0.372 e. The first kappa shape index (κ1) is 24.2. The Morgan fingerprint density at radius 2 is 1.69 bits per heavy atom. The summed E-state index contributed by atoms with van der Waals surface area (Å²) in [6, 6.07) is 6.11. The van der Waals surface area contributed by atoms with Gasteiger partial charge in [0.05, 0.1) is 15.4 Å².